The van der Waals surface area contributed by atoms with Crippen molar-refractivity contribution in [1.29, 1.82) is 0 Å². The zero-order chi connectivity index (χ0) is 20.9. The van der Waals surface area contributed by atoms with Crippen LogP contribution in [0.4, 0.5) is 0 Å². The minimum absolute atomic E-state index is 0.272. The third-order valence-electron chi connectivity index (χ3n) is 6.80. The van der Waals surface area contributed by atoms with Crippen LogP contribution in [0.5, 0.6) is 0 Å². The zero-order valence-corrected chi connectivity index (χ0v) is 25.2. The summed E-state index contributed by atoms with van der Waals surface area (Å²) in [6, 6.07) is 10.9. The summed E-state index contributed by atoms with van der Waals surface area (Å²) in [5.74, 6) is 0.957. The molecule has 29 heavy (non-hydrogen) atoms. The first kappa shape index (κ1) is 25.2. The molecule has 0 amide bonds. The van der Waals surface area contributed by atoms with Gasteiger partial charge < -0.3 is 0 Å². The minimum atomic E-state index is 0.272. The standard InChI is InChI=1S/C25H42NO2.In.2H/c1-4-12-24(27-2)25(28-3)16-11-6-5-8-13-22-17-19-26(20-18-22)21-23-14-9-7-10-15-23;;;/h6-7,9-10,14-15,22,24-25H,4-5,8,11-13,16-21H2,1-3H3;;;. The summed E-state index contributed by atoms with van der Waals surface area (Å²) in [4.78, 5) is 2.64. The number of rotatable bonds is 14. The van der Waals surface area contributed by atoms with Crippen molar-refractivity contribution in [2.45, 2.75) is 87.1 Å². The summed E-state index contributed by atoms with van der Waals surface area (Å²) in [5, 5.41) is 0. The van der Waals surface area contributed by atoms with Gasteiger partial charge >= 0.3 is 189 Å². The topological polar surface area (TPSA) is 21.7 Å². The number of ether oxygens (including phenoxy) is 2. The van der Waals surface area contributed by atoms with E-state index in [2.05, 4.69) is 42.2 Å². The van der Waals surface area contributed by atoms with Crippen molar-refractivity contribution in [1.82, 2.24) is 4.90 Å². The number of methoxy groups -OCH3 is 2. The van der Waals surface area contributed by atoms with Gasteiger partial charge in [0.25, 0.3) is 0 Å². The van der Waals surface area contributed by atoms with Crippen molar-refractivity contribution in [3.05, 3.63) is 35.9 Å². The molecule has 0 aromatic heterocycles. The fourth-order valence-electron chi connectivity index (χ4n) is 4.82. The Morgan fingerprint density at radius 2 is 1.62 bits per heavy atom. The predicted octanol–water partition coefficient (Wildman–Crippen LogP) is 5.10. The summed E-state index contributed by atoms with van der Waals surface area (Å²) in [7, 11) is 3.69. The Balaban J connectivity index is 1.57. The van der Waals surface area contributed by atoms with E-state index in [9.17, 15) is 0 Å². The van der Waals surface area contributed by atoms with E-state index in [-0.39, 0.29) is 12.2 Å². The molecular weight excluding hydrogens is 461 g/mol. The molecule has 1 aliphatic rings. The van der Waals surface area contributed by atoms with Gasteiger partial charge in [-0.2, -0.15) is 0 Å². The van der Waals surface area contributed by atoms with E-state index in [1.165, 1.54) is 63.6 Å². The fourth-order valence-corrected chi connectivity index (χ4v) is 6.94. The first-order valence-corrected chi connectivity index (χ1v) is 15.3. The first-order valence-electron chi connectivity index (χ1n) is 12.0. The Hall–Kier alpha value is -0.0299. The van der Waals surface area contributed by atoms with Crippen LogP contribution in [-0.4, -0.2) is 68.8 Å². The Kier molecular flexibility index (Phi) is 13.0. The predicted molar refractivity (Wildman–Crippen MR) is 126 cm³/mol. The third-order valence-corrected chi connectivity index (χ3v) is 10.1. The maximum absolute atomic E-state index is 5.75. The van der Waals surface area contributed by atoms with E-state index >= 15 is 0 Å². The van der Waals surface area contributed by atoms with E-state index in [0.717, 1.165) is 53.4 Å². The van der Waals surface area contributed by atoms with E-state index in [1.54, 1.807) is 0 Å². The molecule has 2 rings (SSSR count). The Bertz CT molecular complexity index is 519. The number of hydrogen-bond acceptors (Lipinski definition) is 3. The molecule has 0 bridgehead atoms. The molecule has 164 valence electrons. The molecule has 3 unspecified atom stereocenters. The molecule has 0 spiro atoms. The summed E-state index contributed by atoms with van der Waals surface area (Å²) in [6.45, 7) is 5.91. The van der Waals surface area contributed by atoms with E-state index in [4.69, 9.17) is 9.47 Å². The van der Waals surface area contributed by atoms with Crippen LogP contribution in [0.1, 0.15) is 70.3 Å². The molecule has 0 radical (unpaired) electrons. The molecular formula is C25H44InNO2. The van der Waals surface area contributed by atoms with Gasteiger partial charge in [0, 0.05) is 0 Å². The second-order valence-electron chi connectivity index (χ2n) is 9.16. The normalized spacial score (nSPS) is 19.1. The number of piperidine rings is 1. The van der Waals surface area contributed by atoms with Crippen molar-refractivity contribution >= 4 is 24.4 Å². The van der Waals surface area contributed by atoms with E-state index in [1.807, 2.05) is 14.2 Å². The van der Waals surface area contributed by atoms with Gasteiger partial charge in [0.05, 0.1) is 0 Å². The molecule has 4 heteroatoms. The van der Waals surface area contributed by atoms with Crippen molar-refractivity contribution in [3.8, 4) is 0 Å². The fraction of sp³-hybridized carbons (Fsp3) is 0.760. The van der Waals surface area contributed by atoms with Gasteiger partial charge in [0.2, 0.25) is 0 Å². The number of benzene rings is 1. The second-order valence-corrected chi connectivity index (χ2v) is 13.8. The monoisotopic (exact) mass is 505 g/mol. The quantitative estimate of drug-likeness (QED) is 0.351. The average Bonchev–Trinajstić information content (AvgIpc) is 2.75. The van der Waals surface area contributed by atoms with Gasteiger partial charge in [-0.3, -0.25) is 0 Å². The molecule has 0 N–H and O–H groups in total. The maximum atomic E-state index is 5.75. The average molecular weight is 505 g/mol. The summed E-state index contributed by atoms with van der Waals surface area (Å²) in [6.07, 6.45) is 12.4. The Morgan fingerprint density at radius 1 is 0.966 bits per heavy atom. The van der Waals surface area contributed by atoms with Gasteiger partial charge in [-0.15, -0.1) is 0 Å². The van der Waals surface area contributed by atoms with Crippen molar-refractivity contribution < 1.29 is 9.47 Å². The van der Waals surface area contributed by atoms with Gasteiger partial charge in [-0.05, 0) is 0 Å². The van der Waals surface area contributed by atoms with Gasteiger partial charge in [0.1, 0.15) is 0 Å². The molecule has 1 aromatic rings. The van der Waals surface area contributed by atoms with Gasteiger partial charge in [-0.1, -0.05) is 6.07 Å². The Labute approximate surface area is 194 Å². The first-order chi connectivity index (χ1) is 14.2. The van der Waals surface area contributed by atoms with Crippen molar-refractivity contribution in [3.63, 3.8) is 0 Å². The molecule has 0 aliphatic carbocycles. The molecule has 1 saturated heterocycles. The third kappa shape index (κ3) is 9.76. The summed E-state index contributed by atoms with van der Waals surface area (Å²) < 4.78 is 12.4. The summed E-state index contributed by atoms with van der Waals surface area (Å²) in [5.41, 5.74) is 1.45. The molecule has 1 heterocycles. The Morgan fingerprint density at radius 3 is 2.24 bits per heavy atom. The SMILES string of the molecule is CCCC(OC)C(CC[CH]([InH2])CCCC1CCN(Cc2ccccc2)CC1)OC. The second kappa shape index (κ2) is 14.9. The summed E-state index contributed by atoms with van der Waals surface area (Å²) >= 11 is 0.734. The van der Waals surface area contributed by atoms with Crippen LogP contribution in [0.3, 0.4) is 0 Å². The van der Waals surface area contributed by atoms with Crippen LogP contribution in [-0.2, 0) is 16.0 Å². The van der Waals surface area contributed by atoms with Crippen LogP contribution in [0.15, 0.2) is 30.3 Å². The van der Waals surface area contributed by atoms with Crippen LogP contribution < -0.4 is 0 Å². The number of hydrogen-bond donors (Lipinski definition) is 0. The van der Waals surface area contributed by atoms with E-state index < -0.39 is 0 Å². The van der Waals surface area contributed by atoms with Gasteiger partial charge in [0.15, 0.2) is 0 Å². The van der Waals surface area contributed by atoms with Crippen molar-refractivity contribution in [2.75, 3.05) is 27.3 Å². The van der Waals surface area contributed by atoms with E-state index in [0.29, 0.717) is 0 Å². The molecule has 3 atom stereocenters. The molecule has 1 fully saturated rings. The molecule has 1 aliphatic heterocycles. The van der Waals surface area contributed by atoms with Gasteiger partial charge in [-0.25, -0.2) is 0 Å². The zero-order valence-electron chi connectivity index (χ0n) is 19.4. The van der Waals surface area contributed by atoms with Crippen LogP contribution in [0.25, 0.3) is 0 Å². The molecule has 3 nitrogen and oxygen atoms in total. The number of nitrogens with zero attached hydrogens (tertiary/aromatic N) is 1. The van der Waals surface area contributed by atoms with Crippen LogP contribution in [0, 0.1) is 5.92 Å². The number of likely N-dealkylation sites (tertiary alicyclic amines) is 1. The molecule has 0 saturated carbocycles. The van der Waals surface area contributed by atoms with Crippen molar-refractivity contribution in [2.24, 2.45) is 5.92 Å². The van der Waals surface area contributed by atoms with Crippen LogP contribution in [0.2, 0.25) is 3.67 Å². The molecule has 1 aromatic carbocycles. The van der Waals surface area contributed by atoms with Crippen LogP contribution >= 0.6 is 0 Å².